The molecule has 6 heteroatoms. The topological polar surface area (TPSA) is 53.4 Å². The highest BCUT2D eigenvalue weighted by Crippen LogP contribution is 2.20. The number of nitrogens with zero attached hydrogens (tertiary/aromatic N) is 4. The molecule has 0 aromatic carbocycles. The Labute approximate surface area is 126 Å². The molecule has 0 aliphatic carbocycles. The van der Waals surface area contributed by atoms with E-state index in [1.165, 1.54) is 38.8 Å². The van der Waals surface area contributed by atoms with Crippen molar-refractivity contribution in [3.05, 3.63) is 12.3 Å². The molecule has 1 unspecified atom stereocenters. The van der Waals surface area contributed by atoms with E-state index >= 15 is 0 Å². The van der Waals surface area contributed by atoms with Crippen LogP contribution in [0.2, 0.25) is 0 Å². The highest BCUT2D eigenvalue weighted by Gasteiger charge is 2.27. The fourth-order valence-electron chi connectivity index (χ4n) is 3.45. The van der Waals surface area contributed by atoms with Crippen LogP contribution in [0.3, 0.4) is 0 Å². The summed E-state index contributed by atoms with van der Waals surface area (Å²) in [7, 11) is 1.85. The van der Waals surface area contributed by atoms with Crippen molar-refractivity contribution >= 4 is 11.7 Å². The molecule has 3 heterocycles. The molecule has 1 amide bonds. The van der Waals surface area contributed by atoms with Crippen molar-refractivity contribution in [2.24, 2.45) is 7.05 Å². The van der Waals surface area contributed by atoms with Crippen molar-refractivity contribution in [3.63, 3.8) is 0 Å². The van der Waals surface area contributed by atoms with Crippen molar-refractivity contribution < 1.29 is 4.79 Å². The summed E-state index contributed by atoms with van der Waals surface area (Å²) < 4.78 is 1.69. The number of hydrogen-bond acceptors (Lipinski definition) is 4. The second kappa shape index (κ2) is 6.58. The number of aromatic nitrogens is 2. The van der Waals surface area contributed by atoms with E-state index in [1.807, 2.05) is 19.3 Å². The van der Waals surface area contributed by atoms with Crippen LogP contribution in [0, 0.1) is 0 Å². The minimum atomic E-state index is 0.0378. The third-order valence-electron chi connectivity index (χ3n) is 4.49. The molecular weight excluding hydrogens is 266 g/mol. The van der Waals surface area contributed by atoms with Gasteiger partial charge in [0.1, 0.15) is 0 Å². The summed E-state index contributed by atoms with van der Waals surface area (Å²) in [6.07, 6.45) is 6.96. The number of anilines is 1. The minimum absolute atomic E-state index is 0.0378. The first-order valence-corrected chi connectivity index (χ1v) is 7.96. The molecule has 0 bridgehead atoms. The Balaban J connectivity index is 1.48. The zero-order valence-corrected chi connectivity index (χ0v) is 12.8. The summed E-state index contributed by atoms with van der Waals surface area (Å²) in [6.45, 7) is 4.99. The Kier molecular flexibility index (Phi) is 4.55. The van der Waals surface area contributed by atoms with Gasteiger partial charge in [-0.1, -0.05) is 0 Å². The van der Waals surface area contributed by atoms with E-state index in [0.29, 0.717) is 18.4 Å². The van der Waals surface area contributed by atoms with E-state index in [1.54, 1.807) is 4.68 Å². The Hall–Kier alpha value is -1.40. The lowest BCUT2D eigenvalue weighted by molar-refractivity contribution is -0.117. The maximum absolute atomic E-state index is 12.1. The van der Waals surface area contributed by atoms with Gasteiger partial charge < -0.3 is 5.32 Å². The highest BCUT2D eigenvalue weighted by atomic mass is 16.2. The summed E-state index contributed by atoms with van der Waals surface area (Å²) in [5.74, 6) is 0.673. The first kappa shape index (κ1) is 14.5. The summed E-state index contributed by atoms with van der Waals surface area (Å²) in [5.41, 5.74) is 0. The Morgan fingerprint density at radius 1 is 1.33 bits per heavy atom. The van der Waals surface area contributed by atoms with Crippen molar-refractivity contribution in [3.8, 4) is 0 Å². The van der Waals surface area contributed by atoms with Gasteiger partial charge in [-0.15, -0.1) is 0 Å². The third-order valence-corrected chi connectivity index (χ3v) is 4.49. The Morgan fingerprint density at radius 2 is 2.14 bits per heavy atom. The van der Waals surface area contributed by atoms with E-state index in [0.717, 1.165) is 13.1 Å². The molecule has 2 saturated heterocycles. The van der Waals surface area contributed by atoms with Gasteiger partial charge in [0.2, 0.25) is 5.91 Å². The van der Waals surface area contributed by atoms with Gasteiger partial charge in [-0.3, -0.25) is 19.3 Å². The number of likely N-dealkylation sites (tertiary alicyclic amines) is 2. The van der Waals surface area contributed by atoms with E-state index in [-0.39, 0.29) is 5.91 Å². The molecule has 2 aliphatic heterocycles. The molecule has 2 aliphatic rings. The lowest BCUT2D eigenvalue weighted by Gasteiger charge is -2.37. The number of carbonyl (C=O) groups excluding carboxylic acids is 1. The summed E-state index contributed by atoms with van der Waals surface area (Å²) >= 11 is 0. The van der Waals surface area contributed by atoms with Crippen LogP contribution in [0.25, 0.3) is 0 Å². The first-order valence-electron chi connectivity index (χ1n) is 7.96. The van der Waals surface area contributed by atoms with Crippen molar-refractivity contribution in [1.82, 2.24) is 19.6 Å². The third kappa shape index (κ3) is 3.83. The number of aryl methyl sites for hydroxylation is 1. The van der Waals surface area contributed by atoms with Gasteiger partial charge in [-0.05, 0) is 45.3 Å². The molecule has 6 nitrogen and oxygen atoms in total. The van der Waals surface area contributed by atoms with Crippen LogP contribution >= 0.6 is 0 Å². The van der Waals surface area contributed by atoms with Gasteiger partial charge in [0, 0.05) is 31.9 Å². The highest BCUT2D eigenvalue weighted by molar-refractivity contribution is 5.91. The SMILES string of the molecule is Cn1ccc(NC(=O)CN2CCCC(N3CCCC3)C2)n1. The number of amides is 1. The zero-order valence-electron chi connectivity index (χ0n) is 12.8. The molecule has 1 aromatic heterocycles. The van der Waals surface area contributed by atoms with Crippen LogP contribution in [-0.2, 0) is 11.8 Å². The molecule has 0 spiro atoms. The van der Waals surface area contributed by atoms with Crippen LogP contribution in [0.5, 0.6) is 0 Å². The van der Waals surface area contributed by atoms with Crippen LogP contribution in [0.1, 0.15) is 25.7 Å². The van der Waals surface area contributed by atoms with Crippen molar-refractivity contribution in [1.29, 1.82) is 0 Å². The Morgan fingerprint density at radius 3 is 2.86 bits per heavy atom. The van der Waals surface area contributed by atoms with Crippen molar-refractivity contribution in [2.45, 2.75) is 31.7 Å². The van der Waals surface area contributed by atoms with Gasteiger partial charge in [0.05, 0.1) is 6.54 Å². The largest absolute Gasteiger partial charge is 0.308 e. The second-order valence-electron chi connectivity index (χ2n) is 6.20. The zero-order chi connectivity index (χ0) is 14.7. The summed E-state index contributed by atoms with van der Waals surface area (Å²) in [5, 5.41) is 7.05. The molecule has 0 saturated carbocycles. The van der Waals surface area contributed by atoms with E-state index in [2.05, 4.69) is 20.2 Å². The van der Waals surface area contributed by atoms with Crippen molar-refractivity contribution in [2.75, 3.05) is 38.0 Å². The lowest BCUT2D eigenvalue weighted by atomic mass is 10.0. The smallest absolute Gasteiger partial charge is 0.239 e. The van der Waals surface area contributed by atoms with E-state index < -0.39 is 0 Å². The molecule has 116 valence electrons. The average Bonchev–Trinajstić information content (AvgIpc) is 3.11. The van der Waals surface area contributed by atoms with Gasteiger partial charge >= 0.3 is 0 Å². The van der Waals surface area contributed by atoms with E-state index in [4.69, 9.17) is 0 Å². The lowest BCUT2D eigenvalue weighted by Crippen LogP contribution is -2.48. The molecule has 1 N–H and O–H groups in total. The number of carbonyl (C=O) groups is 1. The molecule has 0 radical (unpaired) electrons. The molecule has 21 heavy (non-hydrogen) atoms. The van der Waals surface area contributed by atoms with Crippen LogP contribution in [-0.4, -0.2) is 64.3 Å². The normalized spacial score (nSPS) is 24.3. The number of piperidine rings is 1. The fourth-order valence-corrected chi connectivity index (χ4v) is 3.45. The maximum Gasteiger partial charge on any atom is 0.239 e. The van der Waals surface area contributed by atoms with Crippen LogP contribution in [0.15, 0.2) is 12.3 Å². The predicted molar refractivity (Wildman–Crippen MR) is 82.1 cm³/mol. The molecular formula is C15H25N5O. The van der Waals surface area contributed by atoms with Gasteiger partial charge in [0.25, 0.3) is 0 Å². The van der Waals surface area contributed by atoms with Crippen LogP contribution < -0.4 is 5.32 Å². The minimum Gasteiger partial charge on any atom is -0.308 e. The number of nitrogens with one attached hydrogen (secondary N) is 1. The van der Waals surface area contributed by atoms with Gasteiger partial charge in [-0.25, -0.2) is 0 Å². The first-order chi connectivity index (χ1) is 10.2. The quantitative estimate of drug-likeness (QED) is 0.896. The second-order valence-corrected chi connectivity index (χ2v) is 6.20. The fraction of sp³-hybridized carbons (Fsp3) is 0.733. The summed E-state index contributed by atoms with van der Waals surface area (Å²) in [4.78, 5) is 17.0. The van der Waals surface area contributed by atoms with Gasteiger partial charge in [0.15, 0.2) is 5.82 Å². The van der Waals surface area contributed by atoms with Crippen LogP contribution in [0.4, 0.5) is 5.82 Å². The molecule has 3 rings (SSSR count). The molecule has 1 aromatic rings. The molecule has 2 fully saturated rings. The number of rotatable bonds is 4. The average molecular weight is 291 g/mol. The maximum atomic E-state index is 12.1. The van der Waals surface area contributed by atoms with E-state index in [9.17, 15) is 4.79 Å². The molecule has 1 atom stereocenters. The summed E-state index contributed by atoms with van der Waals surface area (Å²) in [6, 6.07) is 2.46. The standard InChI is InChI=1S/C15H25N5O/c1-18-10-6-14(17-18)16-15(21)12-19-7-4-5-13(11-19)20-8-2-3-9-20/h6,10,13H,2-5,7-9,11-12H2,1H3,(H,16,17,21). The Bertz CT molecular complexity index is 480. The number of hydrogen-bond donors (Lipinski definition) is 1. The monoisotopic (exact) mass is 291 g/mol. The van der Waals surface area contributed by atoms with Gasteiger partial charge in [-0.2, -0.15) is 5.10 Å². The predicted octanol–water partition coefficient (Wildman–Crippen LogP) is 0.919.